The van der Waals surface area contributed by atoms with Gasteiger partial charge in [-0.05, 0) is 26.9 Å². The second kappa shape index (κ2) is 7.45. The fourth-order valence-corrected chi connectivity index (χ4v) is 2.33. The number of carbonyl (C=O) groups excluding carboxylic acids is 2. The number of hydrogen-bond donors (Lipinski definition) is 2. The van der Waals surface area contributed by atoms with Crippen LogP contribution in [0.4, 0.5) is 0 Å². The van der Waals surface area contributed by atoms with Crippen molar-refractivity contribution in [3.05, 3.63) is 0 Å². The molecule has 6 nitrogen and oxygen atoms in total. The predicted molar refractivity (Wildman–Crippen MR) is 72.5 cm³/mol. The normalized spacial score (nSPS) is 21.3. The average molecular weight is 271 g/mol. The molecule has 1 fully saturated rings. The van der Waals surface area contributed by atoms with Gasteiger partial charge in [0.1, 0.15) is 0 Å². The lowest BCUT2D eigenvalue weighted by atomic mass is 9.97. The van der Waals surface area contributed by atoms with Gasteiger partial charge in [-0.3, -0.25) is 9.59 Å². The molecule has 0 aromatic carbocycles. The van der Waals surface area contributed by atoms with Crippen molar-refractivity contribution in [2.45, 2.75) is 25.9 Å². The number of piperidine rings is 1. The van der Waals surface area contributed by atoms with E-state index in [0.717, 1.165) is 19.4 Å². The highest BCUT2D eigenvalue weighted by molar-refractivity contribution is 5.80. The van der Waals surface area contributed by atoms with E-state index in [4.69, 9.17) is 0 Å². The molecule has 19 heavy (non-hydrogen) atoms. The molecule has 1 aliphatic heterocycles. The summed E-state index contributed by atoms with van der Waals surface area (Å²) in [5.74, 6) is -0.196. The Morgan fingerprint density at radius 2 is 2.16 bits per heavy atom. The minimum Gasteiger partial charge on any atom is -0.390 e. The number of likely N-dealkylation sites (N-methyl/N-ethyl adjacent to an activating group) is 1. The van der Waals surface area contributed by atoms with Crippen molar-refractivity contribution >= 4 is 11.8 Å². The molecule has 0 unspecified atom stereocenters. The second-order valence-electron chi connectivity index (χ2n) is 5.47. The van der Waals surface area contributed by atoms with Gasteiger partial charge in [-0.1, -0.05) is 0 Å². The molecule has 1 aliphatic rings. The van der Waals surface area contributed by atoms with Gasteiger partial charge in [-0.25, -0.2) is 0 Å². The molecule has 0 aromatic heterocycles. The molecule has 2 N–H and O–H groups in total. The van der Waals surface area contributed by atoms with Crippen LogP contribution in [0.1, 0.15) is 19.8 Å². The van der Waals surface area contributed by atoms with Crippen LogP contribution >= 0.6 is 0 Å². The van der Waals surface area contributed by atoms with Crippen molar-refractivity contribution < 1.29 is 14.7 Å². The standard InChI is InChI=1S/C13H25N3O3/c1-10(17)16-6-4-5-11(8-16)13(19)14-7-12(18)9-15(2)3/h11-12,18H,4-9H2,1-3H3,(H,14,19)/t11-,12+/m0/s1. The summed E-state index contributed by atoms with van der Waals surface area (Å²) in [6.07, 6.45) is 1.10. The molecule has 0 aliphatic carbocycles. The van der Waals surface area contributed by atoms with Crippen LogP contribution in [0.3, 0.4) is 0 Å². The van der Waals surface area contributed by atoms with Crippen LogP contribution in [0.25, 0.3) is 0 Å². The zero-order valence-corrected chi connectivity index (χ0v) is 12.1. The lowest BCUT2D eigenvalue weighted by Gasteiger charge is -2.31. The van der Waals surface area contributed by atoms with Gasteiger partial charge in [0.05, 0.1) is 12.0 Å². The molecule has 1 saturated heterocycles. The predicted octanol–water partition coefficient (Wildman–Crippen LogP) is -0.716. The number of hydrogen-bond acceptors (Lipinski definition) is 4. The van der Waals surface area contributed by atoms with Gasteiger partial charge in [0.2, 0.25) is 11.8 Å². The van der Waals surface area contributed by atoms with Crippen LogP contribution in [0.5, 0.6) is 0 Å². The van der Waals surface area contributed by atoms with E-state index in [0.29, 0.717) is 13.1 Å². The number of aliphatic hydroxyl groups is 1. The van der Waals surface area contributed by atoms with Crippen LogP contribution < -0.4 is 5.32 Å². The largest absolute Gasteiger partial charge is 0.390 e. The molecule has 0 aromatic rings. The summed E-state index contributed by atoms with van der Waals surface area (Å²) < 4.78 is 0. The van der Waals surface area contributed by atoms with E-state index in [1.807, 2.05) is 19.0 Å². The van der Waals surface area contributed by atoms with Crippen molar-refractivity contribution in [1.82, 2.24) is 15.1 Å². The lowest BCUT2D eigenvalue weighted by Crippen LogP contribution is -2.46. The Morgan fingerprint density at radius 3 is 2.74 bits per heavy atom. The third kappa shape index (κ3) is 5.57. The van der Waals surface area contributed by atoms with E-state index in [9.17, 15) is 14.7 Å². The quantitative estimate of drug-likeness (QED) is 0.692. The highest BCUT2D eigenvalue weighted by Crippen LogP contribution is 2.16. The summed E-state index contributed by atoms with van der Waals surface area (Å²) in [4.78, 5) is 26.9. The third-order valence-corrected chi connectivity index (χ3v) is 3.33. The van der Waals surface area contributed by atoms with Crippen molar-refractivity contribution in [3.63, 3.8) is 0 Å². The minimum atomic E-state index is -0.563. The monoisotopic (exact) mass is 271 g/mol. The first kappa shape index (κ1) is 15.9. The molecule has 6 heteroatoms. The zero-order chi connectivity index (χ0) is 14.4. The van der Waals surface area contributed by atoms with Gasteiger partial charge < -0.3 is 20.2 Å². The minimum absolute atomic E-state index is 0.0187. The van der Waals surface area contributed by atoms with Crippen molar-refractivity contribution in [2.75, 3.05) is 40.3 Å². The van der Waals surface area contributed by atoms with E-state index in [1.54, 1.807) is 4.90 Å². The number of rotatable bonds is 5. The zero-order valence-electron chi connectivity index (χ0n) is 12.1. The number of aliphatic hydroxyl groups excluding tert-OH is 1. The molecule has 1 rings (SSSR count). The Kier molecular flexibility index (Phi) is 6.24. The Labute approximate surface area is 114 Å². The molecular formula is C13H25N3O3. The molecule has 2 amide bonds. The smallest absolute Gasteiger partial charge is 0.224 e. The Balaban J connectivity index is 2.34. The molecule has 0 spiro atoms. The molecule has 0 bridgehead atoms. The van der Waals surface area contributed by atoms with Crippen LogP contribution in [-0.4, -0.2) is 73.1 Å². The van der Waals surface area contributed by atoms with Crippen LogP contribution in [0.15, 0.2) is 0 Å². The first-order valence-electron chi connectivity index (χ1n) is 6.76. The lowest BCUT2D eigenvalue weighted by molar-refractivity contribution is -0.134. The molecular weight excluding hydrogens is 246 g/mol. The number of nitrogens with one attached hydrogen (secondary N) is 1. The summed E-state index contributed by atoms with van der Waals surface area (Å²) in [7, 11) is 3.74. The van der Waals surface area contributed by atoms with Crippen LogP contribution in [-0.2, 0) is 9.59 Å². The summed E-state index contributed by atoms with van der Waals surface area (Å²) in [5.41, 5.74) is 0. The summed E-state index contributed by atoms with van der Waals surface area (Å²) in [6.45, 7) is 3.53. The fourth-order valence-electron chi connectivity index (χ4n) is 2.33. The van der Waals surface area contributed by atoms with Crippen LogP contribution in [0.2, 0.25) is 0 Å². The first-order valence-corrected chi connectivity index (χ1v) is 6.76. The molecule has 110 valence electrons. The van der Waals surface area contributed by atoms with E-state index in [1.165, 1.54) is 6.92 Å². The van der Waals surface area contributed by atoms with Gasteiger partial charge in [-0.2, -0.15) is 0 Å². The SMILES string of the molecule is CC(=O)N1CCC[C@H](C(=O)NC[C@@H](O)CN(C)C)C1. The Hall–Kier alpha value is -1.14. The van der Waals surface area contributed by atoms with Gasteiger partial charge in [0, 0.05) is 33.1 Å². The second-order valence-corrected chi connectivity index (χ2v) is 5.47. The summed E-state index contributed by atoms with van der Waals surface area (Å²) >= 11 is 0. The van der Waals surface area contributed by atoms with Gasteiger partial charge >= 0.3 is 0 Å². The van der Waals surface area contributed by atoms with Gasteiger partial charge in [0.25, 0.3) is 0 Å². The first-order chi connectivity index (χ1) is 8.90. The van der Waals surface area contributed by atoms with E-state index < -0.39 is 6.10 Å². The van der Waals surface area contributed by atoms with Gasteiger partial charge in [0.15, 0.2) is 0 Å². The fraction of sp³-hybridized carbons (Fsp3) is 0.846. The van der Waals surface area contributed by atoms with Crippen LogP contribution in [0, 0.1) is 5.92 Å². The third-order valence-electron chi connectivity index (χ3n) is 3.33. The van der Waals surface area contributed by atoms with E-state index in [2.05, 4.69) is 5.32 Å². The number of amides is 2. The Morgan fingerprint density at radius 1 is 1.47 bits per heavy atom. The van der Waals surface area contributed by atoms with Crippen molar-refractivity contribution in [1.29, 1.82) is 0 Å². The summed E-state index contributed by atoms with van der Waals surface area (Å²) in [6, 6.07) is 0. The molecule has 0 radical (unpaired) electrons. The topological polar surface area (TPSA) is 72.9 Å². The maximum Gasteiger partial charge on any atom is 0.224 e. The highest BCUT2D eigenvalue weighted by Gasteiger charge is 2.27. The van der Waals surface area contributed by atoms with Crippen molar-refractivity contribution in [3.8, 4) is 0 Å². The average Bonchev–Trinajstić information content (AvgIpc) is 2.35. The molecule has 1 heterocycles. The maximum atomic E-state index is 12.0. The number of nitrogens with zero attached hydrogens (tertiary/aromatic N) is 2. The summed E-state index contributed by atoms with van der Waals surface area (Å²) in [5, 5.41) is 12.4. The Bertz CT molecular complexity index is 320. The highest BCUT2D eigenvalue weighted by atomic mass is 16.3. The molecule has 2 atom stereocenters. The van der Waals surface area contributed by atoms with E-state index in [-0.39, 0.29) is 24.3 Å². The van der Waals surface area contributed by atoms with Gasteiger partial charge in [-0.15, -0.1) is 0 Å². The number of carbonyl (C=O) groups is 2. The molecule has 0 saturated carbocycles. The van der Waals surface area contributed by atoms with Crippen molar-refractivity contribution in [2.24, 2.45) is 5.92 Å². The van der Waals surface area contributed by atoms with E-state index >= 15 is 0 Å². The number of likely N-dealkylation sites (tertiary alicyclic amines) is 1. The maximum absolute atomic E-state index is 12.0.